The van der Waals surface area contributed by atoms with Crippen molar-refractivity contribution in [1.82, 2.24) is 25.5 Å². The number of aryl methyl sites for hydroxylation is 1. The smallest absolute Gasteiger partial charge is 0.319 e. The van der Waals surface area contributed by atoms with E-state index in [4.69, 9.17) is 0 Å². The molecule has 3 aromatic rings. The summed E-state index contributed by atoms with van der Waals surface area (Å²) in [5.74, 6) is -1.89. The molecule has 0 aliphatic carbocycles. The molecule has 3 rings (SSSR count). The molecule has 2 amide bonds. The Morgan fingerprint density at radius 2 is 1.96 bits per heavy atom. The number of hydrogen-bond donors (Lipinski definition) is 2. The molecule has 1 aromatic heterocycles. The van der Waals surface area contributed by atoms with Crippen LogP contribution >= 0.6 is 0 Å². The fourth-order valence-corrected chi connectivity index (χ4v) is 2.39. The van der Waals surface area contributed by atoms with Crippen molar-refractivity contribution < 1.29 is 13.6 Å². The molecule has 2 aromatic carbocycles. The lowest BCUT2D eigenvalue weighted by atomic mass is 10.1. The topological polar surface area (TPSA) is 84.7 Å². The Bertz CT molecular complexity index is 929. The maximum atomic E-state index is 13.3. The van der Waals surface area contributed by atoms with Crippen molar-refractivity contribution in [2.75, 3.05) is 5.32 Å². The van der Waals surface area contributed by atoms with Crippen molar-refractivity contribution in [2.45, 2.75) is 19.9 Å². The Morgan fingerprint density at radius 1 is 1.15 bits per heavy atom. The lowest BCUT2D eigenvalue weighted by Gasteiger charge is -2.16. The van der Waals surface area contributed by atoms with Gasteiger partial charge in [-0.1, -0.05) is 12.1 Å². The van der Waals surface area contributed by atoms with Gasteiger partial charge in [-0.2, -0.15) is 0 Å². The Kier molecular flexibility index (Phi) is 4.87. The second-order valence-electron chi connectivity index (χ2n) is 5.75. The second-order valence-corrected chi connectivity index (χ2v) is 5.75. The Labute approximate surface area is 148 Å². The molecule has 0 fully saturated rings. The Balaban J connectivity index is 1.71. The highest BCUT2D eigenvalue weighted by Gasteiger charge is 2.13. The van der Waals surface area contributed by atoms with E-state index in [2.05, 4.69) is 26.2 Å². The molecule has 1 unspecified atom stereocenters. The zero-order valence-corrected chi connectivity index (χ0v) is 14.1. The number of amides is 2. The van der Waals surface area contributed by atoms with E-state index in [1.165, 1.54) is 17.1 Å². The molecule has 0 aliphatic rings. The number of nitrogens with zero attached hydrogens (tertiary/aromatic N) is 4. The van der Waals surface area contributed by atoms with Gasteiger partial charge in [-0.15, -0.1) is 5.10 Å². The number of carbonyl (C=O) groups excluding carboxylic acids is 1. The van der Waals surface area contributed by atoms with Gasteiger partial charge in [0.25, 0.3) is 0 Å². The third-order valence-electron chi connectivity index (χ3n) is 3.87. The van der Waals surface area contributed by atoms with Crippen LogP contribution in [-0.2, 0) is 0 Å². The standard InChI is InChI=1S/C17H16F2N6O/c1-10-3-5-13(25-9-20-23-24-25)8-16(10)22-17(26)21-11(2)12-4-6-14(18)15(19)7-12/h3-9,11H,1-2H3,(H2,21,22,26). The predicted molar refractivity (Wildman–Crippen MR) is 90.8 cm³/mol. The molecule has 1 atom stereocenters. The summed E-state index contributed by atoms with van der Waals surface area (Å²) in [6.07, 6.45) is 1.44. The summed E-state index contributed by atoms with van der Waals surface area (Å²) in [4.78, 5) is 12.3. The van der Waals surface area contributed by atoms with Crippen LogP contribution in [-0.4, -0.2) is 26.2 Å². The van der Waals surface area contributed by atoms with E-state index >= 15 is 0 Å². The molecule has 134 valence electrons. The number of urea groups is 1. The fraction of sp³-hybridized carbons (Fsp3) is 0.176. The number of tetrazole rings is 1. The minimum Gasteiger partial charge on any atom is -0.331 e. The monoisotopic (exact) mass is 358 g/mol. The molecule has 1 heterocycles. The van der Waals surface area contributed by atoms with E-state index in [9.17, 15) is 13.6 Å². The highest BCUT2D eigenvalue weighted by molar-refractivity contribution is 5.90. The molecule has 9 heteroatoms. The van der Waals surface area contributed by atoms with Crippen LogP contribution in [0.25, 0.3) is 5.69 Å². The largest absolute Gasteiger partial charge is 0.331 e. The third-order valence-corrected chi connectivity index (χ3v) is 3.87. The van der Waals surface area contributed by atoms with Gasteiger partial charge in [-0.05, 0) is 59.7 Å². The average molecular weight is 358 g/mol. The first-order valence-electron chi connectivity index (χ1n) is 7.80. The van der Waals surface area contributed by atoms with Crippen molar-refractivity contribution in [3.05, 3.63) is 65.5 Å². The van der Waals surface area contributed by atoms with Gasteiger partial charge in [-0.25, -0.2) is 18.3 Å². The fourth-order valence-electron chi connectivity index (χ4n) is 2.39. The quantitative estimate of drug-likeness (QED) is 0.750. The molecule has 0 spiro atoms. The van der Waals surface area contributed by atoms with E-state index in [0.29, 0.717) is 16.9 Å². The number of nitrogens with one attached hydrogen (secondary N) is 2. The molecule has 0 saturated carbocycles. The summed E-state index contributed by atoms with van der Waals surface area (Å²) in [6, 6.07) is 7.90. The number of anilines is 1. The lowest BCUT2D eigenvalue weighted by Crippen LogP contribution is -2.31. The molecular weight excluding hydrogens is 342 g/mol. The van der Waals surface area contributed by atoms with E-state index in [1.807, 2.05) is 19.1 Å². The molecule has 0 radical (unpaired) electrons. The highest BCUT2D eigenvalue weighted by atomic mass is 19.2. The highest BCUT2D eigenvalue weighted by Crippen LogP contribution is 2.20. The van der Waals surface area contributed by atoms with Gasteiger partial charge in [0.2, 0.25) is 0 Å². The second kappa shape index (κ2) is 7.26. The number of aromatic nitrogens is 4. The van der Waals surface area contributed by atoms with Crippen molar-refractivity contribution in [2.24, 2.45) is 0 Å². The van der Waals surface area contributed by atoms with Crippen LogP contribution in [0.3, 0.4) is 0 Å². The number of halogens is 2. The van der Waals surface area contributed by atoms with Crippen LogP contribution in [0.5, 0.6) is 0 Å². The SMILES string of the molecule is Cc1ccc(-n2cnnn2)cc1NC(=O)NC(C)c1ccc(F)c(F)c1. The molecule has 7 nitrogen and oxygen atoms in total. The van der Waals surface area contributed by atoms with Gasteiger partial charge in [0.1, 0.15) is 6.33 Å². The van der Waals surface area contributed by atoms with Crippen LogP contribution in [0.2, 0.25) is 0 Å². The van der Waals surface area contributed by atoms with Crippen molar-refractivity contribution in [3.63, 3.8) is 0 Å². The lowest BCUT2D eigenvalue weighted by molar-refractivity contribution is 0.249. The van der Waals surface area contributed by atoms with Crippen LogP contribution in [0, 0.1) is 18.6 Å². The molecule has 0 aliphatic heterocycles. The van der Waals surface area contributed by atoms with Gasteiger partial charge in [0.15, 0.2) is 11.6 Å². The first-order valence-corrected chi connectivity index (χ1v) is 7.80. The van der Waals surface area contributed by atoms with Gasteiger partial charge in [-0.3, -0.25) is 0 Å². The number of carbonyl (C=O) groups is 1. The third kappa shape index (κ3) is 3.82. The van der Waals surface area contributed by atoms with Crippen molar-refractivity contribution in [3.8, 4) is 5.69 Å². The van der Waals surface area contributed by atoms with Crippen LogP contribution in [0.4, 0.5) is 19.3 Å². The van der Waals surface area contributed by atoms with E-state index < -0.39 is 23.7 Å². The van der Waals surface area contributed by atoms with E-state index in [-0.39, 0.29) is 0 Å². The summed E-state index contributed by atoms with van der Waals surface area (Å²) >= 11 is 0. The first-order chi connectivity index (χ1) is 12.4. The van der Waals surface area contributed by atoms with Gasteiger partial charge in [0.05, 0.1) is 11.7 Å². The maximum absolute atomic E-state index is 13.3. The van der Waals surface area contributed by atoms with E-state index in [0.717, 1.165) is 17.7 Å². The number of benzene rings is 2. The molecule has 0 saturated heterocycles. The number of hydrogen-bond acceptors (Lipinski definition) is 4. The van der Waals surface area contributed by atoms with Crippen molar-refractivity contribution in [1.29, 1.82) is 0 Å². The molecule has 2 N–H and O–H groups in total. The Morgan fingerprint density at radius 3 is 2.65 bits per heavy atom. The van der Waals surface area contributed by atoms with E-state index in [1.54, 1.807) is 13.0 Å². The molecule has 0 bridgehead atoms. The minimum atomic E-state index is -0.957. The maximum Gasteiger partial charge on any atom is 0.319 e. The van der Waals surface area contributed by atoms with Crippen LogP contribution < -0.4 is 10.6 Å². The minimum absolute atomic E-state index is 0.457. The summed E-state index contributed by atoms with van der Waals surface area (Å²) in [6.45, 7) is 3.52. The zero-order chi connectivity index (χ0) is 18.7. The van der Waals surface area contributed by atoms with Crippen molar-refractivity contribution >= 4 is 11.7 Å². The summed E-state index contributed by atoms with van der Waals surface area (Å²) in [5.41, 5.74) is 2.56. The van der Waals surface area contributed by atoms with Gasteiger partial charge >= 0.3 is 6.03 Å². The molecule has 26 heavy (non-hydrogen) atoms. The van der Waals surface area contributed by atoms with Crippen LogP contribution in [0.1, 0.15) is 24.1 Å². The predicted octanol–water partition coefficient (Wildman–Crippen LogP) is 3.13. The first kappa shape index (κ1) is 17.5. The summed E-state index contributed by atoms with van der Waals surface area (Å²) < 4.78 is 27.8. The Hall–Kier alpha value is -3.36. The normalized spacial score (nSPS) is 11.8. The summed E-state index contributed by atoms with van der Waals surface area (Å²) in [5, 5.41) is 16.4. The average Bonchev–Trinajstić information content (AvgIpc) is 3.13. The molecular formula is C17H16F2N6O. The van der Waals surface area contributed by atoms with Gasteiger partial charge < -0.3 is 10.6 Å². The summed E-state index contributed by atoms with van der Waals surface area (Å²) in [7, 11) is 0. The number of rotatable bonds is 4. The zero-order valence-electron chi connectivity index (χ0n) is 14.1. The van der Waals surface area contributed by atoms with Crippen LogP contribution in [0.15, 0.2) is 42.7 Å². The van der Waals surface area contributed by atoms with Gasteiger partial charge in [0, 0.05) is 5.69 Å².